The summed E-state index contributed by atoms with van der Waals surface area (Å²) in [5.41, 5.74) is 10.1. The van der Waals surface area contributed by atoms with Crippen LogP contribution in [0.2, 0.25) is 0 Å². The van der Waals surface area contributed by atoms with Crippen molar-refractivity contribution in [1.82, 2.24) is 14.7 Å². The van der Waals surface area contributed by atoms with Gasteiger partial charge in [-0.2, -0.15) is 5.10 Å². The first-order valence-electron chi connectivity index (χ1n) is 11.8. The fourth-order valence-electron chi connectivity index (χ4n) is 4.28. The Kier molecular flexibility index (Phi) is 7.01. The Morgan fingerprint density at radius 3 is 2.38 bits per heavy atom. The molecule has 0 atom stereocenters. The molecule has 2 aromatic carbocycles. The van der Waals surface area contributed by atoms with Crippen LogP contribution in [-0.4, -0.2) is 45.7 Å². The second kappa shape index (κ2) is 10.1. The van der Waals surface area contributed by atoms with Crippen LogP contribution in [0.15, 0.2) is 54.9 Å². The number of ether oxygens (including phenoxy) is 1. The molecule has 178 valence electrons. The molecule has 7 heteroatoms. The number of piperidine rings is 1. The van der Waals surface area contributed by atoms with E-state index in [1.165, 1.54) is 5.56 Å². The molecular weight excluding hydrogens is 428 g/mol. The van der Waals surface area contributed by atoms with Crippen molar-refractivity contribution in [2.45, 2.75) is 45.1 Å². The first-order valence-corrected chi connectivity index (χ1v) is 11.8. The van der Waals surface area contributed by atoms with E-state index in [9.17, 15) is 9.59 Å². The van der Waals surface area contributed by atoms with Crippen molar-refractivity contribution in [3.8, 4) is 16.9 Å². The number of hydrogen-bond acceptors (Lipinski definition) is 4. The molecule has 2 heterocycles. The van der Waals surface area contributed by atoms with Gasteiger partial charge in [-0.3, -0.25) is 14.3 Å². The number of hydrogen-bond donors (Lipinski definition) is 1. The Hall–Kier alpha value is -3.61. The number of likely N-dealkylation sites (tertiary alicyclic amines) is 1. The number of amides is 2. The highest BCUT2D eigenvalue weighted by Crippen LogP contribution is 2.29. The van der Waals surface area contributed by atoms with Crippen molar-refractivity contribution in [3.63, 3.8) is 0 Å². The Morgan fingerprint density at radius 2 is 1.79 bits per heavy atom. The Labute approximate surface area is 200 Å². The summed E-state index contributed by atoms with van der Waals surface area (Å²) in [6, 6.07) is 13.7. The number of benzene rings is 2. The molecule has 0 aliphatic carbocycles. The van der Waals surface area contributed by atoms with Crippen LogP contribution in [0.25, 0.3) is 11.1 Å². The summed E-state index contributed by atoms with van der Waals surface area (Å²) in [7, 11) is 1.84. The zero-order chi connectivity index (χ0) is 24.2. The van der Waals surface area contributed by atoms with Gasteiger partial charge in [0.1, 0.15) is 11.9 Å². The predicted octanol–water partition coefficient (Wildman–Crippen LogP) is 3.92. The van der Waals surface area contributed by atoms with Crippen LogP contribution in [0.4, 0.5) is 0 Å². The number of primary amides is 1. The number of carbonyl (C=O) groups is 2. The van der Waals surface area contributed by atoms with E-state index in [-0.39, 0.29) is 12.0 Å². The third-order valence-corrected chi connectivity index (χ3v) is 6.37. The molecule has 1 saturated heterocycles. The van der Waals surface area contributed by atoms with Gasteiger partial charge in [0.15, 0.2) is 0 Å². The van der Waals surface area contributed by atoms with Gasteiger partial charge in [-0.05, 0) is 34.7 Å². The van der Waals surface area contributed by atoms with Crippen LogP contribution < -0.4 is 10.5 Å². The molecule has 34 heavy (non-hydrogen) atoms. The summed E-state index contributed by atoms with van der Waals surface area (Å²) < 4.78 is 7.87. The van der Waals surface area contributed by atoms with Crippen molar-refractivity contribution in [3.05, 3.63) is 71.5 Å². The molecule has 1 aliphatic heterocycles. The zero-order valence-electron chi connectivity index (χ0n) is 20.0. The number of rotatable bonds is 7. The number of nitrogens with two attached hydrogens (primary N) is 1. The van der Waals surface area contributed by atoms with E-state index in [4.69, 9.17) is 10.5 Å². The van der Waals surface area contributed by atoms with Crippen LogP contribution in [0, 0.1) is 0 Å². The van der Waals surface area contributed by atoms with Crippen molar-refractivity contribution in [2.75, 3.05) is 13.1 Å². The summed E-state index contributed by atoms with van der Waals surface area (Å²) in [5.74, 6) is 0.562. The van der Waals surface area contributed by atoms with E-state index in [0.717, 1.165) is 16.7 Å². The van der Waals surface area contributed by atoms with Gasteiger partial charge in [0.2, 0.25) is 5.91 Å². The van der Waals surface area contributed by atoms with Crippen LogP contribution in [0.1, 0.15) is 54.1 Å². The second-order valence-corrected chi connectivity index (χ2v) is 9.25. The van der Waals surface area contributed by atoms with Crippen LogP contribution in [0.5, 0.6) is 5.75 Å². The van der Waals surface area contributed by atoms with Gasteiger partial charge in [0.25, 0.3) is 5.91 Å². The fraction of sp³-hybridized carbons (Fsp3) is 0.370. The maximum absolute atomic E-state index is 12.8. The van der Waals surface area contributed by atoms with Gasteiger partial charge in [-0.15, -0.1) is 0 Å². The molecule has 2 amide bonds. The van der Waals surface area contributed by atoms with E-state index < -0.39 is 5.91 Å². The van der Waals surface area contributed by atoms with E-state index in [2.05, 4.69) is 31.1 Å². The van der Waals surface area contributed by atoms with Gasteiger partial charge < -0.3 is 15.4 Å². The van der Waals surface area contributed by atoms with E-state index >= 15 is 0 Å². The summed E-state index contributed by atoms with van der Waals surface area (Å²) in [4.78, 5) is 26.8. The fourth-order valence-corrected chi connectivity index (χ4v) is 4.28. The normalized spacial score (nSPS) is 14.4. The summed E-state index contributed by atoms with van der Waals surface area (Å²) in [6.45, 7) is 5.59. The van der Waals surface area contributed by atoms with E-state index in [1.807, 2.05) is 36.3 Å². The number of carbonyl (C=O) groups excluding carboxylic acids is 2. The third kappa shape index (κ3) is 5.47. The second-order valence-electron chi connectivity index (χ2n) is 9.25. The highest BCUT2D eigenvalue weighted by atomic mass is 16.5. The monoisotopic (exact) mass is 460 g/mol. The summed E-state index contributed by atoms with van der Waals surface area (Å²) in [6.07, 6.45) is 5.38. The first kappa shape index (κ1) is 23.5. The Balaban J connectivity index is 1.35. The highest BCUT2D eigenvalue weighted by Gasteiger charge is 2.25. The lowest BCUT2D eigenvalue weighted by Crippen LogP contribution is -2.42. The molecule has 7 nitrogen and oxygen atoms in total. The first-order chi connectivity index (χ1) is 16.3. The van der Waals surface area contributed by atoms with Crippen LogP contribution in [0.3, 0.4) is 0 Å². The largest absolute Gasteiger partial charge is 0.489 e. The zero-order valence-corrected chi connectivity index (χ0v) is 20.0. The maximum Gasteiger partial charge on any atom is 0.252 e. The average molecular weight is 461 g/mol. The van der Waals surface area contributed by atoms with Gasteiger partial charge >= 0.3 is 0 Å². The van der Waals surface area contributed by atoms with Crippen molar-refractivity contribution >= 4 is 11.8 Å². The molecule has 0 bridgehead atoms. The smallest absolute Gasteiger partial charge is 0.252 e. The van der Waals surface area contributed by atoms with Crippen molar-refractivity contribution in [1.29, 1.82) is 0 Å². The Morgan fingerprint density at radius 1 is 1.09 bits per heavy atom. The molecule has 1 aromatic heterocycles. The minimum absolute atomic E-state index is 0.0725. The third-order valence-electron chi connectivity index (χ3n) is 6.37. The molecule has 1 aliphatic rings. The Bertz CT molecular complexity index is 1160. The standard InChI is InChI=1S/C27H32N4O3/c1-18(2)20-6-4-19(5-7-20)14-26(32)31-12-10-23(11-13-31)34-25-9-8-21(15-24(25)27(28)33)22-16-29-30(3)17-22/h4-9,15-18,23H,10-14H2,1-3H3,(H2,28,33). The lowest BCUT2D eigenvalue weighted by atomic mass is 10.00. The number of aromatic nitrogens is 2. The van der Waals surface area contributed by atoms with Gasteiger partial charge in [0, 0.05) is 44.7 Å². The number of aryl methyl sites for hydroxylation is 1. The quantitative estimate of drug-likeness (QED) is 0.579. The summed E-state index contributed by atoms with van der Waals surface area (Å²) >= 11 is 0. The van der Waals surface area contributed by atoms with Gasteiger partial charge in [-0.25, -0.2) is 0 Å². The van der Waals surface area contributed by atoms with Gasteiger partial charge in [-0.1, -0.05) is 44.2 Å². The molecule has 0 unspecified atom stereocenters. The van der Waals surface area contributed by atoms with E-state index in [1.54, 1.807) is 23.0 Å². The van der Waals surface area contributed by atoms with Crippen molar-refractivity contribution in [2.24, 2.45) is 12.8 Å². The SMILES string of the molecule is CC(C)c1ccc(CC(=O)N2CCC(Oc3ccc(-c4cnn(C)c4)cc3C(N)=O)CC2)cc1. The molecule has 2 N–H and O–H groups in total. The molecule has 0 spiro atoms. The predicted molar refractivity (Wildman–Crippen MR) is 132 cm³/mol. The molecule has 0 radical (unpaired) electrons. The van der Waals surface area contributed by atoms with Gasteiger partial charge in [0.05, 0.1) is 18.2 Å². The molecule has 3 aromatic rings. The van der Waals surface area contributed by atoms with E-state index in [0.29, 0.717) is 49.6 Å². The minimum atomic E-state index is -0.531. The van der Waals surface area contributed by atoms with Crippen molar-refractivity contribution < 1.29 is 14.3 Å². The molecule has 0 saturated carbocycles. The highest BCUT2D eigenvalue weighted by molar-refractivity contribution is 5.97. The van der Waals surface area contributed by atoms with Crippen LogP contribution >= 0.6 is 0 Å². The molecule has 4 rings (SSSR count). The molecular formula is C27H32N4O3. The number of nitrogens with zero attached hydrogens (tertiary/aromatic N) is 3. The summed E-state index contributed by atoms with van der Waals surface area (Å²) in [5, 5.41) is 4.18. The topological polar surface area (TPSA) is 90.5 Å². The average Bonchev–Trinajstić information content (AvgIpc) is 3.26. The lowest BCUT2D eigenvalue weighted by Gasteiger charge is -2.32. The molecule has 1 fully saturated rings. The minimum Gasteiger partial charge on any atom is -0.489 e. The maximum atomic E-state index is 12.8. The lowest BCUT2D eigenvalue weighted by molar-refractivity contribution is -0.132. The van der Waals surface area contributed by atoms with Crippen LogP contribution in [-0.2, 0) is 18.3 Å².